The molecule has 1 aromatic rings. The highest BCUT2D eigenvalue weighted by Crippen LogP contribution is 2.39. The normalized spacial score (nSPS) is 23.4. The van der Waals surface area contributed by atoms with E-state index in [9.17, 15) is 5.11 Å². The molecule has 4 heteroatoms. The van der Waals surface area contributed by atoms with E-state index in [1.165, 1.54) is 5.56 Å². The Morgan fingerprint density at radius 2 is 1.87 bits per heavy atom. The summed E-state index contributed by atoms with van der Waals surface area (Å²) in [6.07, 6.45) is 2.18. The zero-order valence-corrected chi connectivity index (χ0v) is 16.4. The van der Waals surface area contributed by atoms with Gasteiger partial charge in [0.2, 0.25) is 0 Å². The number of aliphatic hydroxyl groups is 1. The van der Waals surface area contributed by atoms with Gasteiger partial charge in [-0.05, 0) is 36.5 Å². The molecular formula is C19H33NO2Si. The second-order valence-corrected chi connectivity index (χ2v) is 13.1. The highest BCUT2D eigenvalue weighted by atomic mass is 28.4. The van der Waals surface area contributed by atoms with Gasteiger partial charge >= 0.3 is 0 Å². The van der Waals surface area contributed by atoms with Gasteiger partial charge in [0.05, 0.1) is 6.10 Å². The molecule has 23 heavy (non-hydrogen) atoms. The molecule has 1 N–H and O–H groups in total. The van der Waals surface area contributed by atoms with Gasteiger partial charge in [0, 0.05) is 25.7 Å². The second kappa shape index (κ2) is 7.47. The average Bonchev–Trinajstić information content (AvgIpc) is 2.80. The first-order valence-electron chi connectivity index (χ1n) is 8.79. The summed E-state index contributed by atoms with van der Waals surface area (Å²) in [4.78, 5) is 2.49. The van der Waals surface area contributed by atoms with Crippen molar-refractivity contribution in [1.82, 2.24) is 4.90 Å². The molecule has 0 aromatic heterocycles. The van der Waals surface area contributed by atoms with E-state index in [0.717, 1.165) is 25.9 Å². The smallest absolute Gasteiger partial charge is 0.192 e. The summed E-state index contributed by atoms with van der Waals surface area (Å²) in [5.74, 6) is 0. The molecule has 2 atom stereocenters. The Kier molecular flexibility index (Phi) is 6.06. The van der Waals surface area contributed by atoms with Crippen molar-refractivity contribution in [2.24, 2.45) is 0 Å². The van der Waals surface area contributed by atoms with E-state index >= 15 is 0 Å². The van der Waals surface area contributed by atoms with Gasteiger partial charge in [-0.1, -0.05) is 51.1 Å². The summed E-state index contributed by atoms with van der Waals surface area (Å²) < 4.78 is 6.62. The predicted molar refractivity (Wildman–Crippen MR) is 99.0 cm³/mol. The minimum Gasteiger partial charge on any atom is -0.413 e. The Balaban J connectivity index is 2.03. The Hall–Kier alpha value is -0.683. The zero-order chi connectivity index (χ0) is 17.1. The molecule has 0 bridgehead atoms. The van der Waals surface area contributed by atoms with Crippen molar-refractivity contribution in [3.8, 4) is 0 Å². The first-order chi connectivity index (χ1) is 10.7. The fraction of sp³-hybridized carbons (Fsp3) is 0.684. The lowest BCUT2D eigenvalue weighted by molar-refractivity contribution is 0.171. The molecule has 0 radical (unpaired) electrons. The van der Waals surface area contributed by atoms with Crippen molar-refractivity contribution in [3.63, 3.8) is 0 Å². The molecule has 0 amide bonds. The van der Waals surface area contributed by atoms with Crippen LogP contribution in [0, 0.1) is 0 Å². The molecule has 1 aromatic carbocycles. The Morgan fingerprint density at radius 1 is 1.22 bits per heavy atom. The predicted octanol–water partition coefficient (Wildman–Crippen LogP) is 4.03. The van der Waals surface area contributed by atoms with Crippen molar-refractivity contribution in [1.29, 1.82) is 0 Å². The number of aliphatic hydroxyl groups excluding tert-OH is 1. The Labute approximate surface area is 142 Å². The van der Waals surface area contributed by atoms with Crippen LogP contribution < -0.4 is 0 Å². The van der Waals surface area contributed by atoms with Crippen LogP contribution in [0.5, 0.6) is 0 Å². The fourth-order valence-electron chi connectivity index (χ4n) is 3.08. The lowest BCUT2D eigenvalue weighted by Crippen LogP contribution is -2.44. The maximum absolute atomic E-state index is 9.40. The van der Waals surface area contributed by atoms with Gasteiger partial charge in [-0.2, -0.15) is 0 Å². The molecule has 0 spiro atoms. The summed E-state index contributed by atoms with van der Waals surface area (Å²) in [6, 6.07) is 11.0. The van der Waals surface area contributed by atoms with E-state index in [1.54, 1.807) is 0 Å². The molecule has 0 aliphatic carbocycles. The first-order valence-corrected chi connectivity index (χ1v) is 11.7. The lowest BCUT2D eigenvalue weighted by atomic mass is 10.1. The highest BCUT2D eigenvalue weighted by Gasteiger charge is 2.42. The SMILES string of the molecule is CC(C)(C)[Si](C)(C)O[C@@H]1C[C@H](CCO)N(Cc2ccccc2)C1. The number of nitrogens with zero attached hydrogens (tertiary/aromatic N) is 1. The quantitative estimate of drug-likeness (QED) is 0.797. The third kappa shape index (κ3) is 4.89. The van der Waals surface area contributed by atoms with Crippen molar-refractivity contribution < 1.29 is 9.53 Å². The van der Waals surface area contributed by atoms with Gasteiger partial charge in [-0.25, -0.2) is 0 Å². The number of hydrogen-bond donors (Lipinski definition) is 1. The van der Waals surface area contributed by atoms with E-state index in [4.69, 9.17) is 4.43 Å². The molecule has 1 fully saturated rings. The molecule has 130 valence electrons. The number of likely N-dealkylation sites (tertiary alicyclic amines) is 1. The van der Waals surface area contributed by atoms with Crippen LogP contribution in [0.3, 0.4) is 0 Å². The van der Waals surface area contributed by atoms with Crippen LogP contribution in [-0.2, 0) is 11.0 Å². The molecule has 1 aliphatic heterocycles. The molecule has 2 rings (SSSR count). The van der Waals surface area contributed by atoms with Crippen LogP contribution in [0.2, 0.25) is 18.1 Å². The van der Waals surface area contributed by atoms with Crippen LogP contribution in [0.25, 0.3) is 0 Å². The van der Waals surface area contributed by atoms with Crippen molar-refractivity contribution in [3.05, 3.63) is 35.9 Å². The van der Waals surface area contributed by atoms with E-state index < -0.39 is 8.32 Å². The molecule has 3 nitrogen and oxygen atoms in total. The fourth-order valence-corrected chi connectivity index (χ4v) is 4.44. The summed E-state index contributed by atoms with van der Waals surface area (Å²) in [5.41, 5.74) is 1.34. The topological polar surface area (TPSA) is 32.7 Å². The van der Waals surface area contributed by atoms with Gasteiger partial charge in [0.25, 0.3) is 0 Å². The van der Waals surface area contributed by atoms with Crippen molar-refractivity contribution >= 4 is 8.32 Å². The summed E-state index contributed by atoms with van der Waals surface area (Å²) in [6.45, 7) is 13.7. The van der Waals surface area contributed by atoms with Crippen molar-refractivity contribution in [2.45, 2.75) is 70.4 Å². The standard InChI is InChI=1S/C19H33NO2Si/c1-19(2,3)23(4,5)22-18-13-17(11-12-21)20(15-18)14-16-9-7-6-8-10-16/h6-10,17-18,21H,11-15H2,1-5H3/t17-,18+/m0/s1. The number of benzene rings is 1. The van der Waals surface area contributed by atoms with Crippen LogP contribution >= 0.6 is 0 Å². The van der Waals surface area contributed by atoms with Gasteiger partial charge in [-0.15, -0.1) is 0 Å². The Bertz CT molecular complexity index is 484. The maximum Gasteiger partial charge on any atom is 0.192 e. The second-order valence-electron chi connectivity index (χ2n) is 8.32. The maximum atomic E-state index is 9.40. The van der Waals surface area contributed by atoms with Gasteiger partial charge in [0.15, 0.2) is 8.32 Å². The molecule has 1 saturated heterocycles. The third-order valence-corrected chi connectivity index (χ3v) is 9.98. The molecule has 1 aliphatic rings. The lowest BCUT2D eigenvalue weighted by Gasteiger charge is -2.38. The van der Waals surface area contributed by atoms with Gasteiger partial charge in [-0.3, -0.25) is 4.90 Å². The zero-order valence-electron chi connectivity index (χ0n) is 15.4. The Morgan fingerprint density at radius 3 is 2.43 bits per heavy atom. The largest absolute Gasteiger partial charge is 0.413 e. The highest BCUT2D eigenvalue weighted by molar-refractivity contribution is 6.74. The van der Waals surface area contributed by atoms with E-state index in [0.29, 0.717) is 12.1 Å². The first kappa shape index (κ1) is 18.7. The van der Waals surface area contributed by atoms with Crippen LogP contribution in [0.15, 0.2) is 30.3 Å². The van der Waals surface area contributed by atoms with Crippen molar-refractivity contribution in [2.75, 3.05) is 13.2 Å². The third-order valence-electron chi connectivity index (χ3n) is 5.45. The summed E-state index contributed by atoms with van der Waals surface area (Å²) in [7, 11) is -1.73. The monoisotopic (exact) mass is 335 g/mol. The van der Waals surface area contributed by atoms with Crippen LogP contribution in [0.4, 0.5) is 0 Å². The number of rotatable bonds is 6. The minimum absolute atomic E-state index is 0.242. The van der Waals surface area contributed by atoms with Gasteiger partial charge < -0.3 is 9.53 Å². The van der Waals surface area contributed by atoms with Crippen LogP contribution in [-0.4, -0.2) is 43.6 Å². The number of hydrogen-bond acceptors (Lipinski definition) is 3. The van der Waals surface area contributed by atoms with Gasteiger partial charge in [0.1, 0.15) is 0 Å². The van der Waals surface area contributed by atoms with Crippen LogP contribution in [0.1, 0.15) is 39.2 Å². The molecule has 0 saturated carbocycles. The minimum atomic E-state index is -1.73. The van der Waals surface area contributed by atoms with E-state index in [2.05, 4.69) is 69.1 Å². The molecular weight excluding hydrogens is 302 g/mol. The summed E-state index contributed by atoms with van der Waals surface area (Å²) >= 11 is 0. The average molecular weight is 336 g/mol. The molecule has 0 unspecified atom stereocenters. The van der Waals surface area contributed by atoms with E-state index in [-0.39, 0.29) is 11.6 Å². The summed E-state index contributed by atoms with van der Waals surface area (Å²) in [5, 5.41) is 9.64. The van der Waals surface area contributed by atoms with E-state index in [1.807, 2.05) is 0 Å². The molecule has 1 heterocycles.